The highest BCUT2D eigenvalue weighted by molar-refractivity contribution is 5.96. The number of rotatable bonds is 3. The fraction of sp³-hybridized carbons (Fsp3) is 0.125. The lowest BCUT2D eigenvalue weighted by Gasteiger charge is -2.18. The van der Waals surface area contributed by atoms with Gasteiger partial charge in [0, 0.05) is 11.8 Å². The van der Waals surface area contributed by atoms with Crippen LogP contribution in [-0.2, 0) is 16.0 Å². The molecule has 0 aliphatic carbocycles. The number of halogens is 2. The van der Waals surface area contributed by atoms with Crippen LogP contribution in [0.1, 0.15) is 5.56 Å². The van der Waals surface area contributed by atoms with Crippen LogP contribution in [0, 0.1) is 11.6 Å². The minimum Gasteiger partial charge on any atom is -0.482 e. The summed E-state index contributed by atoms with van der Waals surface area (Å²) in [4.78, 5) is 23.2. The third-order valence-electron chi connectivity index (χ3n) is 3.24. The van der Waals surface area contributed by atoms with Crippen LogP contribution in [0.15, 0.2) is 36.4 Å². The summed E-state index contributed by atoms with van der Waals surface area (Å²) < 4.78 is 31.2. The van der Waals surface area contributed by atoms with Crippen LogP contribution >= 0.6 is 0 Å². The van der Waals surface area contributed by atoms with E-state index in [-0.39, 0.29) is 30.5 Å². The molecule has 0 unspecified atom stereocenters. The molecule has 0 saturated heterocycles. The Morgan fingerprint density at radius 2 is 2.00 bits per heavy atom. The van der Waals surface area contributed by atoms with Crippen molar-refractivity contribution in [3.63, 3.8) is 0 Å². The number of ether oxygens (including phenoxy) is 1. The van der Waals surface area contributed by atoms with Gasteiger partial charge in [0.25, 0.3) is 5.91 Å². The summed E-state index contributed by atoms with van der Waals surface area (Å²) in [5, 5.41) is 5.13. The van der Waals surface area contributed by atoms with Gasteiger partial charge in [0.15, 0.2) is 18.2 Å². The maximum Gasteiger partial charge on any atom is 0.262 e. The van der Waals surface area contributed by atoms with Crippen molar-refractivity contribution in [2.75, 3.05) is 17.2 Å². The van der Waals surface area contributed by atoms with E-state index < -0.39 is 11.6 Å². The molecule has 7 heteroatoms. The van der Waals surface area contributed by atoms with Crippen LogP contribution in [0.25, 0.3) is 0 Å². The summed E-state index contributed by atoms with van der Waals surface area (Å²) in [5.74, 6) is -2.13. The highest BCUT2D eigenvalue weighted by atomic mass is 19.2. The van der Waals surface area contributed by atoms with Gasteiger partial charge >= 0.3 is 0 Å². The number of benzene rings is 2. The van der Waals surface area contributed by atoms with E-state index in [0.29, 0.717) is 17.0 Å². The Balaban J connectivity index is 1.69. The lowest BCUT2D eigenvalue weighted by atomic mass is 10.1. The van der Waals surface area contributed by atoms with Gasteiger partial charge in [-0.1, -0.05) is 6.07 Å². The first-order valence-corrected chi connectivity index (χ1v) is 6.82. The van der Waals surface area contributed by atoms with E-state index in [0.717, 1.165) is 12.1 Å². The molecule has 0 radical (unpaired) electrons. The van der Waals surface area contributed by atoms with Gasteiger partial charge < -0.3 is 15.4 Å². The molecule has 23 heavy (non-hydrogen) atoms. The second-order valence-electron chi connectivity index (χ2n) is 5.02. The van der Waals surface area contributed by atoms with Crippen molar-refractivity contribution in [2.24, 2.45) is 0 Å². The summed E-state index contributed by atoms with van der Waals surface area (Å²) in [6.45, 7) is -0.0387. The molecule has 0 spiro atoms. The molecule has 2 amide bonds. The third kappa shape index (κ3) is 3.45. The monoisotopic (exact) mass is 318 g/mol. The number of anilines is 2. The molecule has 2 N–H and O–H groups in total. The van der Waals surface area contributed by atoms with Gasteiger partial charge in [-0.3, -0.25) is 9.59 Å². The van der Waals surface area contributed by atoms with Gasteiger partial charge in [-0.25, -0.2) is 8.78 Å². The molecule has 1 aliphatic rings. The highest BCUT2D eigenvalue weighted by Crippen LogP contribution is 2.28. The molecule has 2 aromatic carbocycles. The van der Waals surface area contributed by atoms with Gasteiger partial charge in [0.1, 0.15) is 5.75 Å². The first-order chi connectivity index (χ1) is 11.0. The number of hydrogen-bond donors (Lipinski definition) is 2. The molecule has 118 valence electrons. The first kappa shape index (κ1) is 15.0. The quantitative estimate of drug-likeness (QED) is 0.913. The minimum atomic E-state index is -1.03. The minimum absolute atomic E-state index is 0.0160. The lowest BCUT2D eigenvalue weighted by Crippen LogP contribution is -2.25. The molecular weight excluding hydrogens is 306 g/mol. The molecule has 0 fully saturated rings. The van der Waals surface area contributed by atoms with Crippen molar-refractivity contribution in [3.05, 3.63) is 53.6 Å². The highest BCUT2D eigenvalue weighted by Gasteiger charge is 2.16. The van der Waals surface area contributed by atoms with Crippen molar-refractivity contribution in [2.45, 2.75) is 6.42 Å². The van der Waals surface area contributed by atoms with Crippen molar-refractivity contribution >= 4 is 23.2 Å². The molecule has 5 nitrogen and oxygen atoms in total. The van der Waals surface area contributed by atoms with Gasteiger partial charge in [0.05, 0.1) is 12.1 Å². The summed E-state index contributed by atoms with van der Waals surface area (Å²) in [7, 11) is 0. The van der Waals surface area contributed by atoms with Crippen molar-refractivity contribution in [1.29, 1.82) is 0 Å². The predicted octanol–water partition coefficient (Wildman–Crippen LogP) is 2.48. The zero-order chi connectivity index (χ0) is 16.4. The Labute approximate surface area is 130 Å². The Kier molecular flexibility index (Phi) is 3.92. The second-order valence-corrected chi connectivity index (χ2v) is 5.02. The van der Waals surface area contributed by atoms with Gasteiger partial charge in [-0.2, -0.15) is 0 Å². The topological polar surface area (TPSA) is 67.4 Å². The van der Waals surface area contributed by atoms with Crippen molar-refractivity contribution in [1.82, 2.24) is 0 Å². The van der Waals surface area contributed by atoms with Crippen molar-refractivity contribution in [3.8, 4) is 5.75 Å². The van der Waals surface area contributed by atoms with Crippen LogP contribution in [0.4, 0.5) is 20.2 Å². The number of nitrogens with one attached hydrogen (secondary N) is 2. The number of amides is 2. The summed E-state index contributed by atoms with van der Waals surface area (Å²) in [6, 6.07) is 8.12. The Bertz CT molecular complexity index is 793. The number of carbonyl (C=O) groups excluding carboxylic acids is 2. The molecule has 1 aliphatic heterocycles. The van der Waals surface area contributed by atoms with Gasteiger partial charge in [0.2, 0.25) is 5.91 Å². The average molecular weight is 318 g/mol. The molecule has 1 heterocycles. The van der Waals surface area contributed by atoms with E-state index in [9.17, 15) is 18.4 Å². The van der Waals surface area contributed by atoms with E-state index in [1.54, 1.807) is 18.2 Å². The number of fused-ring (bicyclic) bond motifs is 1. The zero-order valence-corrected chi connectivity index (χ0v) is 11.9. The second kappa shape index (κ2) is 6.04. The van der Waals surface area contributed by atoms with Crippen molar-refractivity contribution < 1.29 is 23.1 Å². The molecule has 2 aromatic rings. The van der Waals surface area contributed by atoms with E-state index in [4.69, 9.17) is 4.74 Å². The Morgan fingerprint density at radius 1 is 1.17 bits per heavy atom. The van der Waals surface area contributed by atoms with Crippen LogP contribution in [0.5, 0.6) is 5.75 Å². The zero-order valence-electron chi connectivity index (χ0n) is 11.9. The van der Waals surface area contributed by atoms with E-state index in [1.165, 1.54) is 6.07 Å². The molecule has 0 bridgehead atoms. The smallest absolute Gasteiger partial charge is 0.262 e. The fourth-order valence-electron chi connectivity index (χ4n) is 2.20. The van der Waals surface area contributed by atoms with Crippen LogP contribution in [0.3, 0.4) is 0 Å². The SMILES string of the molecule is O=C(Cc1ccc2c(c1)NC(=O)CO2)Nc1ccc(F)c(F)c1. The standard InChI is InChI=1S/C16H12F2N2O3/c17-11-3-2-10(7-12(11)18)19-15(21)6-9-1-4-14-13(5-9)20-16(22)8-23-14/h1-5,7H,6,8H2,(H,19,21)(H,20,22). The first-order valence-electron chi connectivity index (χ1n) is 6.82. The molecular formula is C16H12F2N2O3. The average Bonchev–Trinajstić information content (AvgIpc) is 2.50. The fourth-order valence-corrected chi connectivity index (χ4v) is 2.20. The maximum atomic E-state index is 13.1. The maximum absolute atomic E-state index is 13.1. The largest absolute Gasteiger partial charge is 0.482 e. The van der Waals surface area contributed by atoms with E-state index >= 15 is 0 Å². The van der Waals surface area contributed by atoms with Crippen LogP contribution in [0.2, 0.25) is 0 Å². The number of hydrogen-bond acceptors (Lipinski definition) is 3. The van der Waals surface area contributed by atoms with Crippen LogP contribution < -0.4 is 15.4 Å². The van der Waals surface area contributed by atoms with Gasteiger partial charge in [-0.15, -0.1) is 0 Å². The Hall–Kier alpha value is -2.96. The summed E-state index contributed by atoms with van der Waals surface area (Å²) in [6.07, 6.45) is 0.0160. The predicted molar refractivity (Wildman–Crippen MR) is 79.3 cm³/mol. The van der Waals surface area contributed by atoms with Gasteiger partial charge in [-0.05, 0) is 29.8 Å². The molecule has 0 saturated carbocycles. The number of carbonyl (C=O) groups is 2. The normalized spacial score (nSPS) is 12.9. The van der Waals surface area contributed by atoms with E-state index in [2.05, 4.69) is 10.6 Å². The molecule has 0 aromatic heterocycles. The third-order valence-corrected chi connectivity index (χ3v) is 3.24. The van der Waals surface area contributed by atoms with Crippen LogP contribution in [-0.4, -0.2) is 18.4 Å². The summed E-state index contributed by atoms with van der Waals surface area (Å²) in [5.41, 5.74) is 1.32. The molecule has 0 atom stereocenters. The Morgan fingerprint density at radius 3 is 2.78 bits per heavy atom. The lowest BCUT2D eigenvalue weighted by molar-refractivity contribution is -0.118. The summed E-state index contributed by atoms with van der Waals surface area (Å²) >= 11 is 0. The molecule has 3 rings (SSSR count). The van der Waals surface area contributed by atoms with E-state index in [1.807, 2.05) is 0 Å².